The van der Waals surface area contributed by atoms with Gasteiger partial charge in [-0.25, -0.2) is 0 Å². The van der Waals surface area contributed by atoms with Gasteiger partial charge in [0.1, 0.15) is 0 Å². The first-order valence-electron chi connectivity index (χ1n) is 7.19. The average molecular weight is 286 g/mol. The van der Waals surface area contributed by atoms with Gasteiger partial charge in [-0.3, -0.25) is 0 Å². The monoisotopic (exact) mass is 285 g/mol. The largest absolute Gasteiger partial charge is 0.317 e. The summed E-state index contributed by atoms with van der Waals surface area (Å²) in [5.41, 5.74) is 0. The lowest BCUT2D eigenvalue weighted by Crippen LogP contribution is -2.29. The Morgan fingerprint density at radius 3 is 2.56 bits per heavy atom. The normalized spacial score (nSPS) is 19.7. The van der Waals surface area contributed by atoms with Gasteiger partial charge in [-0.05, 0) is 37.9 Å². The second kappa shape index (κ2) is 7.52. The molecule has 102 valence electrons. The lowest BCUT2D eigenvalue weighted by atomic mass is 9.91. The van der Waals surface area contributed by atoms with Crippen LogP contribution in [0.5, 0.6) is 0 Å². The molecule has 0 saturated heterocycles. The van der Waals surface area contributed by atoms with Gasteiger partial charge >= 0.3 is 0 Å². The van der Waals surface area contributed by atoms with E-state index in [1.54, 1.807) is 11.3 Å². The zero-order valence-corrected chi connectivity index (χ0v) is 12.8. The summed E-state index contributed by atoms with van der Waals surface area (Å²) in [6.45, 7) is 0. The number of hydrogen-bond acceptors (Lipinski definition) is 2. The van der Waals surface area contributed by atoms with Crippen LogP contribution in [0.3, 0.4) is 0 Å². The number of thiophene rings is 1. The van der Waals surface area contributed by atoms with E-state index in [2.05, 4.69) is 18.4 Å². The van der Waals surface area contributed by atoms with E-state index in [1.807, 2.05) is 6.07 Å². The zero-order chi connectivity index (χ0) is 12.8. The summed E-state index contributed by atoms with van der Waals surface area (Å²) < 4.78 is 0.911. The maximum Gasteiger partial charge on any atom is 0.0931 e. The van der Waals surface area contributed by atoms with Gasteiger partial charge in [0, 0.05) is 10.9 Å². The third kappa shape index (κ3) is 4.56. The van der Waals surface area contributed by atoms with Crippen molar-refractivity contribution in [1.29, 1.82) is 0 Å². The Kier molecular flexibility index (Phi) is 6.00. The molecule has 18 heavy (non-hydrogen) atoms. The van der Waals surface area contributed by atoms with Gasteiger partial charge in [0.15, 0.2) is 0 Å². The summed E-state index contributed by atoms with van der Waals surface area (Å²) in [4.78, 5) is 1.41. The molecule has 1 saturated carbocycles. The number of nitrogens with one attached hydrogen (secondary N) is 1. The Morgan fingerprint density at radius 1 is 1.28 bits per heavy atom. The summed E-state index contributed by atoms with van der Waals surface area (Å²) in [7, 11) is 2.09. The maximum absolute atomic E-state index is 6.00. The highest BCUT2D eigenvalue weighted by Crippen LogP contribution is 2.28. The van der Waals surface area contributed by atoms with Crippen LogP contribution in [0, 0.1) is 5.92 Å². The molecule has 1 atom stereocenters. The van der Waals surface area contributed by atoms with Crippen LogP contribution >= 0.6 is 22.9 Å². The standard InChI is InChI=1S/C15H24ClNS/c1-17-13(11-14-8-9-15(16)18-14)10-12-6-4-2-3-5-7-12/h8-9,12-13,17H,2-7,10-11H2,1H3. The molecule has 1 aliphatic rings. The molecule has 0 radical (unpaired) electrons. The second-order valence-corrected chi connectivity index (χ2v) is 7.29. The molecular formula is C15H24ClNS. The highest BCUT2D eigenvalue weighted by molar-refractivity contribution is 7.16. The molecule has 1 nitrogen and oxygen atoms in total. The minimum atomic E-state index is 0.614. The minimum absolute atomic E-state index is 0.614. The lowest BCUT2D eigenvalue weighted by molar-refractivity contribution is 0.362. The predicted octanol–water partition coefficient (Wildman–Crippen LogP) is 4.89. The Bertz CT molecular complexity index is 342. The molecule has 0 aliphatic heterocycles. The lowest BCUT2D eigenvalue weighted by Gasteiger charge is -2.21. The topological polar surface area (TPSA) is 12.0 Å². The molecule has 1 aromatic heterocycles. The van der Waals surface area contributed by atoms with Crippen molar-refractivity contribution >= 4 is 22.9 Å². The highest BCUT2D eigenvalue weighted by atomic mass is 35.5. The number of hydrogen-bond donors (Lipinski definition) is 1. The first-order chi connectivity index (χ1) is 8.78. The van der Waals surface area contributed by atoms with Crippen LogP contribution in [-0.2, 0) is 6.42 Å². The highest BCUT2D eigenvalue weighted by Gasteiger charge is 2.18. The minimum Gasteiger partial charge on any atom is -0.317 e. The predicted molar refractivity (Wildman–Crippen MR) is 81.7 cm³/mol. The fraction of sp³-hybridized carbons (Fsp3) is 0.733. The van der Waals surface area contributed by atoms with E-state index in [9.17, 15) is 0 Å². The van der Waals surface area contributed by atoms with Gasteiger partial charge in [-0.15, -0.1) is 11.3 Å². The van der Waals surface area contributed by atoms with Crippen LogP contribution in [0.25, 0.3) is 0 Å². The SMILES string of the molecule is CNC(Cc1ccc(Cl)s1)CC1CCCCCC1. The van der Waals surface area contributed by atoms with Crippen molar-refractivity contribution in [2.75, 3.05) is 7.05 Å². The van der Waals surface area contributed by atoms with Crippen molar-refractivity contribution in [3.05, 3.63) is 21.3 Å². The maximum atomic E-state index is 6.00. The van der Waals surface area contributed by atoms with E-state index in [-0.39, 0.29) is 0 Å². The molecule has 2 rings (SSSR count). The van der Waals surface area contributed by atoms with E-state index < -0.39 is 0 Å². The molecule has 3 heteroatoms. The molecule has 0 aromatic carbocycles. The number of halogens is 1. The van der Waals surface area contributed by atoms with Crippen molar-refractivity contribution in [3.8, 4) is 0 Å². The van der Waals surface area contributed by atoms with E-state index in [0.717, 1.165) is 16.7 Å². The van der Waals surface area contributed by atoms with E-state index in [4.69, 9.17) is 11.6 Å². The summed E-state index contributed by atoms with van der Waals surface area (Å²) in [5, 5.41) is 3.49. The van der Waals surface area contributed by atoms with Crippen LogP contribution in [0.2, 0.25) is 4.34 Å². The Balaban J connectivity index is 1.84. The Morgan fingerprint density at radius 2 is 2.00 bits per heavy atom. The first kappa shape index (κ1) is 14.4. The molecule has 0 amide bonds. The smallest absolute Gasteiger partial charge is 0.0931 e. The van der Waals surface area contributed by atoms with E-state index >= 15 is 0 Å². The van der Waals surface area contributed by atoms with Gasteiger partial charge in [-0.2, -0.15) is 0 Å². The second-order valence-electron chi connectivity index (χ2n) is 5.49. The van der Waals surface area contributed by atoms with Crippen LogP contribution < -0.4 is 5.32 Å². The van der Waals surface area contributed by atoms with Gasteiger partial charge in [0.25, 0.3) is 0 Å². The molecular weight excluding hydrogens is 262 g/mol. The van der Waals surface area contributed by atoms with Crippen molar-refractivity contribution in [1.82, 2.24) is 5.32 Å². The third-order valence-corrected chi connectivity index (χ3v) is 5.33. The van der Waals surface area contributed by atoms with Crippen molar-refractivity contribution in [2.24, 2.45) is 5.92 Å². The molecule has 0 spiro atoms. The van der Waals surface area contributed by atoms with Gasteiger partial charge in [-0.1, -0.05) is 50.1 Å². The van der Waals surface area contributed by atoms with Crippen LogP contribution in [-0.4, -0.2) is 13.1 Å². The molecule has 0 bridgehead atoms. The average Bonchev–Trinajstić information content (AvgIpc) is 2.63. The first-order valence-corrected chi connectivity index (χ1v) is 8.39. The third-order valence-electron chi connectivity index (χ3n) is 4.08. The van der Waals surface area contributed by atoms with Gasteiger partial charge in [0.2, 0.25) is 0 Å². The van der Waals surface area contributed by atoms with Crippen molar-refractivity contribution < 1.29 is 0 Å². The summed E-state index contributed by atoms with van der Waals surface area (Å²) in [6.07, 6.45) is 11.1. The molecule has 1 aromatic rings. The fourth-order valence-corrected chi connectivity index (χ4v) is 4.18. The Hall–Kier alpha value is -0.0500. The number of rotatable bonds is 5. The molecule has 1 N–H and O–H groups in total. The molecule has 1 fully saturated rings. The van der Waals surface area contributed by atoms with E-state index in [0.29, 0.717) is 6.04 Å². The zero-order valence-electron chi connectivity index (χ0n) is 11.3. The Labute approximate surface area is 120 Å². The van der Waals surface area contributed by atoms with Gasteiger partial charge in [0.05, 0.1) is 4.34 Å². The van der Waals surface area contributed by atoms with Gasteiger partial charge < -0.3 is 5.32 Å². The van der Waals surface area contributed by atoms with Crippen molar-refractivity contribution in [2.45, 2.75) is 57.4 Å². The summed E-state index contributed by atoms with van der Waals surface area (Å²) in [6, 6.07) is 4.80. The molecule has 1 aliphatic carbocycles. The van der Waals surface area contributed by atoms with Crippen molar-refractivity contribution in [3.63, 3.8) is 0 Å². The number of likely N-dealkylation sites (N-methyl/N-ethyl adjacent to an activating group) is 1. The summed E-state index contributed by atoms with van der Waals surface area (Å²) >= 11 is 7.72. The van der Waals surface area contributed by atoms with Crippen LogP contribution in [0.15, 0.2) is 12.1 Å². The molecule has 1 unspecified atom stereocenters. The van der Waals surface area contributed by atoms with E-state index in [1.165, 1.54) is 49.8 Å². The molecule has 1 heterocycles. The summed E-state index contributed by atoms with van der Waals surface area (Å²) in [5.74, 6) is 0.931. The fourth-order valence-electron chi connectivity index (χ4n) is 3.01. The quantitative estimate of drug-likeness (QED) is 0.759. The van der Waals surface area contributed by atoms with Crippen LogP contribution in [0.1, 0.15) is 49.8 Å². The van der Waals surface area contributed by atoms with Crippen LogP contribution in [0.4, 0.5) is 0 Å².